The Hall–Kier alpha value is -6.97. The van der Waals surface area contributed by atoms with Crippen molar-refractivity contribution >= 4 is 58.3 Å². The van der Waals surface area contributed by atoms with Crippen LogP contribution in [0.1, 0.15) is 74.3 Å². The van der Waals surface area contributed by atoms with Gasteiger partial charge >= 0.3 is 12.3 Å². The third-order valence-corrected chi connectivity index (χ3v) is 10.4. The van der Waals surface area contributed by atoms with Crippen molar-refractivity contribution < 1.29 is 62.2 Å². The van der Waals surface area contributed by atoms with Crippen LogP contribution in [-0.4, -0.2) is 151 Å². The van der Waals surface area contributed by atoms with Crippen molar-refractivity contribution in [1.82, 2.24) is 48.9 Å². The van der Waals surface area contributed by atoms with Gasteiger partial charge in [0, 0.05) is 24.2 Å². The molecule has 0 radical (unpaired) electrons. The van der Waals surface area contributed by atoms with Gasteiger partial charge in [0.1, 0.15) is 6.10 Å². The van der Waals surface area contributed by atoms with Gasteiger partial charge in [0.15, 0.2) is 59.3 Å². The van der Waals surface area contributed by atoms with Crippen molar-refractivity contribution in [3.8, 4) is 0 Å². The Kier molecular flexibility index (Phi) is 20.1. The number of amides is 2. The zero-order valence-electron chi connectivity index (χ0n) is 39.1. The maximum Gasteiger partial charge on any atom is 0.506 e. The van der Waals surface area contributed by atoms with Gasteiger partial charge in [-0.15, -0.1) is 0 Å². The van der Waals surface area contributed by atoms with Gasteiger partial charge in [-0.3, -0.25) is 53.9 Å². The van der Waals surface area contributed by atoms with Crippen molar-refractivity contribution in [3.05, 3.63) is 64.0 Å². The minimum atomic E-state index is -1.95. The van der Waals surface area contributed by atoms with Gasteiger partial charge in [-0.05, 0) is 38.2 Å². The fourth-order valence-corrected chi connectivity index (χ4v) is 6.64. The molecule has 5 aromatic heterocycles. The number of pyridine rings is 1. The summed E-state index contributed by atoms with van der Waals surface area (Å²) in [5, 5.41) is 31.9. The molecule has 2 amide bonds. The molecule has 0 unspecified atom stereocenters. The summed E-state index contributed by atoms with van der Waals surface area (Å²) in [7, 11) is 0. The minimum absolute atomic E-state index is 0.00394. The van der Waals surface area contributed by atoms with E-state index < -0.39 is 85.2 Å². The molecule has 2 fully saturated rings. The number of rotatable bonds is 13. The van der Waals surface area contributed by atoms with Crippen LogP contribution in [0.15, 0.2) is 52.8 Å². The van der Waals surface area contributed by atoms with Crippen LogP contribution in [0.4, 0.5) is 30.3 Å². The van der Waals surface area contributed by atoms with Crippen molar-refractivity contribution in [2.75, 3.05) is 36.9 Å². The normalized spacial score (nSPS) is 21.7. The number of alkyl halides is 2. The molecule has 0 aromatic carbocycles. The van der Waals surface area contributed by atoms with Crippen molar-refractivity contribution in [1.29, 1.82) is 0 Å². The molecule has 7 rings (SSSR count). The number of carboxylic acid groups (broad SMARTS) is 2. The summed E-state index contributed by atoms with van der Waals surface area (Å²) in [6.45, 7) is 17.7. The third kappa shape index (κ3) is 14.0. The van der Waals surface area contributed by atoms with Crippen molar-refractivity contribution in [2.45, 2.75) is 111 Å². The van der Waals surface area contributed by atoms with Gasteiger partial charge < -0.3 is 39.2 Å². The summed E-state index contributed by atoms with van der Waals surface area (Å²) in [6.07, 6.45) is -8.85. The summed E-state index contributed by atoms with van der Waals surface area (Å²) in [5.74, 6) is -1.78. The monoisotopic (exact) mass is 976 g/mol. The molecule has 0 bridgehead atoms. The lowest BCUT2D eigenvalue weighted by Gasteiger charge is -2.19. The molecule has 2 aliphatic rings. The van der Waals surface area contributed by atoms with Crippen molar-refractivity contribution in [3.63, 3.8) is 0 Å². The van der Waals surface area contributed by atoms with E-state index in [-0.39, 0.29) is 58.4 Å². The number of aromatic amines is 2. The van der Waals surface area contributed by atoms with E-state index in [2.05, 4.69) is 80.7 Å². The number of fused-ring (bicyclic) bond motifs is 2. The molecule has 25 nitrogen and oxygen atoms in total. The van der Waals surface area contributed by atoms with E-state index in [0.29, 0.717) is 0 Å². The largest absolute Gasteiger partial charge is 0.506 e. The van der Waals surface area contributed by atoms with Gasteiger partial charge in [-0.1, -0.05) is 61.5 Å². The fourth-order valence-electron chi connectivity index (χ4n) is 6.64. The zero-order valence-corrected chi connectivity index (χ0v) is 39.1. The summed E-state index contributed by atoms with van der Waals surface area (Å²) < 4.78 is 51.6. The topological polar surface area (TPSA) is 333 Å². The van der Waals surface area contributed by atoms with E-state index in [1.54, 1.807) is 47.0 Å². The molecule has 0 aliphatic carbocycles. The number of H-pyrrole nitrogens is 2. The van der Waals surface area contributed by atoms with E-state index in [1.807, 2.05) is 18.2 Å². The Balaban J connectivity index is 0.000000238. The molecule has 2 saturated heterocycles. The van der Waals surface area contributed by atoms with Crippen LogP contribution >= 0.6 is 0 Å². The number of carbonyl (C=O) groups is 4. The number of nitrogens with one attached hydrogen (secondary N) is 4. The number of hydrogen-bond acceptors (Lipinski definition) is 17. The fraction of sp³-hybridized carbons (Fsp3) is 0.548. The Labute approximate surface area is 392 Å². The summed E-state index contributed by atoms with van der Waals surface area (Å²) in [5.41, 5.74) is -1.60. The lowest BCUT2D eigenvalue weighted by atomic mass is 10.1. The second kappa shape index (κ2) is 25.4. The lowest BCUT2D eigenvalue weighted by molar-refractivity contribution is -0.119. The highest BCUT2D eigenvalue weighted by Gasteiger charge is 2.50. The Morgan fingerprint density at radius 1 is 0.725 bits per heavy atom. The highest BCUT2D eigenvalue weighted by Crippen LogP contribution is 2.37. The van der Waals surface area contributed by atoms with E-state index in [0.717, 1.165) is 10.9 Å². The molecule has 0 spiro atoms. The molecule has 378 valence electrons. The van der Waals surface area contributed by atoms with Gasteiger partial charge in [0.25, 0.3) is 11.1 Å². The van der Waals surface area contributed by atoms with E-state index in [1.165, 1.54) is 30.5 Å². The number of carbonyl (C=O) groups excluding carboxylic acids is 2. The zero-order chi connectivity index (χ0) is 51.1. The van der Waals surface area contributed by atoms with Crippen LogP contribution in [0, 0.1) is 11.8 Å². The van der Waals surface area contributed by atoms with Crippen LogP contribution in [0.2, 0.25) is 0 Å². The lowest BCUT2D eigenvalue weighted by Crippen LogP contribution is -2.33. The predicted octanol–water partition coefficient (Wildman–Crippen LogP) is 3.86. The number of aromatic nitrogens is 9. The van der Waals surface area contributed by atoms with Crippen LogP contribution in [0.5, 0.6) is 0 Å². The van der Waals surface area contributed by atoms with Crippen LogP contribution in [0.3, 0.4) is 0 Å². The number of hydrogen-bond donors (Lipinski definition) is 7. The maximum absolute atomic E-state index is 14.6. The number of halogens is 2. The van der Waals surface area contributed by atoms with Crippen LogP contribution in [0.25, 0.3) is 22.3 Å². The highest BCUT2D eigenvalue weighted by molar-refractivity contribution is 5.91. The Morgan fingerprint density at radius 3 is 1.43 bits per heavy atom. The Morgan fingerprint density at radius 2 is 1.13 bits per heavy atom. The number of anilines is 2. The van der Waals surface area contributed by atoms with Crippen LogP contribution < -0.4 is 21.8 Å². The minimum Gasteiger partial charge on any atom is -0.450 e. The van der Waals surface area contributed by atoms with Gasteiger partial charge in [-0.2, -0.15) is 9.97 Å². The smallest absolute Gasteiger partial charge is 0.450 e. The summed E-state index contributed by atoms with van der Waals surface area (Å²) >= 11 is 0. The molecule has 0 saturated carbocycles. The van der Waals surface area contributed by atoms with Gasteiger partial charge in [0.05, 0.1) is 25.4 Å². The quantitative estimate of drug-likeness (QED) is 0.0824. The number of imidazole rings is 2. The predicted molar refractivity (Wildman–Crippen MR) is 242 cm³/mol. The summed E-state index contributed by atoms with van der Waals surface area (Å²) in [4.78, 5) is 97.1. The van der Waals surface area contributed by atoms with E-state index in [9.17, 15) is 42.7 Å². The van der Waals surface area contributed by atoms with E-state index >= 15 is 0 Å². The molecular weight excluding hydrogens is 919 g/mol. The molecule has 7 heterocycles. The summed E-state index contributed by atoms with van der Waals surface area (Å²) in [6, 6.07) is 5.72. The average Bonchev–Trinajstić information content (AvgIpc) is 4.09. The van der Waals surface area contributed by atoms with Crippen molar-refractivity contribution in [2.24, 2.45) is 11.8 Å². The molecule has 2 aliphatic heterocycles. The first kappa shape index (κ1) is 54.6. The van der Waals surface area contributed by atoms with Gasteiger partial charge in [0.2, 0.25) is 23.7 Å². The molecule has 8 atom stereocenters. The number of nitrogens with zero attached hydrogens (tertiary/aromatic N) is 8. The van der Waals surface area contributed by atoms with Gasteiger partial charge in [-0.25, -0.2) is 28.3 Å². The molecule has 69 heavy (non-hydrogen) atoms. The number of aliphatic hydroxyl groups excluding tert-OH is 1. The SMILES string of the molecule is CC(C)C(=O)Nc1nc2c(ncn2[C@@H]2O[C@H](CO)[C@H](F)[C@H]2OC(=O)O)c(=O)[nH]1.CCN(CC)CC.CC[C@H]1O[C@@H](n2cnc3c(=O)[nH]c(NC(=O)C(C)C)nc32)[C@H](OC(=O)O)[C@H]1F.c1ccncc1. The molecular formula is C42H58F2N12O13. The number of aliphatic hydroxyl groups is 1. The first-order valence-electron chi connectivity index (χ1n) is 21.9. The molecule has 5 aromatic rings. The van der Waals surface area contributed by atoms with Crippen LogP contribution in [-0.2, 0) is 28.5 Å². The second-order valence-corrected chi connectivity index (χ2v) is 15.7. The standard InChI is InChI=1S/C16H20FN5O6.C15H18FN5O7.C6H15N.C5H5N/c1-4-7-8(17)10(28-16(25)26)14(27-7)22-5-18-9-11(22)19-15(21-13(9)24)20-12(23)6(2)3;1-5(2)11(23)19-14-18-10-8(12(24)20-14)17-4-21(10)13-9(28-15(25)26)7(16)6(3-22)27-13;1-4-7(5-2)6-3;1-2-4-6-5-3-1/h5-8,10,14H,4H2,1-3H3,(H,25,26)(H2,19,20,21,23,24);4-7,9,13,22H,3H2,1-2H3,(H,25,26)(H2,18,19,20,23,24);4-6H2,1-3H3;1-5H/t7-,8+,10-,14-;6-,7+,9-,13-;;/m11../s1. The number of ether oxygens (including phenoxy) is 4. The maximum atomic E-state index is 14.6. The van der Waals surface area contributed by atoms with E-state index in [4.69, 9.17) is 19.7 Å². The first-order valence-corrected chi connectivity index (χ1v) is 21.9. The highest BCUT2D eigenvalue weighted by atomic mass is 19.1. The molecule has 27 heteroatoms. The second-order valence-electron chi connectivity index (χ2n) is 15.7. The first-order chi connectivity index (χ1) is 32.8. The third-order valence-electron chi connectivity index (χ3n) is 10.4. The average molecular weight is 977 g/mol. The Bertz CT molecular complexity index is 2400. The molecule has 7 N–H and O–H groups in total.